The summed E-state index contributed by atoms with van der Waals surface area (Å²) in [7, 11) is 0. The first-order valence-electron chi connectivity index (χ1n) is 6.41. The fourth-order valence-corrected chi connectivity index (χ4v) is 3.38. The summed E-state index contributed by atoms with van der Waals surface area (Å²) >= 11 is 16.4. The first-order chi connectivity index (χ1) is 9.56. The van der Waals surface area contributed by atoms with Crippen molar-refractivity contribution < 1.29 is 4.74 Å². The molecule has 104 valence electrons. The van der Waals surface area contributed by atoms with Gasteiger partial charge >= 0.3 is 0 Å². The molecular formula is C16H13BrCl2O. The van der Waals surface area contributed by atoms with Gasteiger partial charge in [0, 0.05) is 21.5 Å². The highest BCUT2D eigenvalue weighted by atomic mass is 79.9. The molecule has 0 N–H and O–H groups in total. The summed E-state index contributed by atoms with van der Waals surface area (Å²) < 4.78 is 6.78. The highest BCUT2D eigenvalue weighted by molar-refractivity contribution is 9.10. The zero-order valence-corrected chi connectivity index (χ0v) is 14.0. The fraction of sp³-hybridized carbons (Fsp3) is 0.250. The molecule has 1 atom stereocenters. The van der Waals surface area contributed by atoms with Crippen LogP contribution in [-0.2, 0) is 6.42 Å². The predicted molar refractivity (Wildman–Crippen MR) is 87.2 cm³/mol. The van der Waals surface area contributed by atoms with E-state index in [1.165, 1.54) is 5.56 Å². The third-order valence-corrected chi connectivity index (χ3v) is 5.10. The minimum atomic E-state index is -0.266. The van der Waals surface area contributed by atoms with E-state index in [0.717, 1.165) is 33.3 Å². The molecule has 1 unspecified atom stereocenters. The third-order valence-electron chi connectivity index (χ3n) is 3.54. The molecule has 1 aliphatic rings. The number of alkyl halides is 1. The number of benzene rings is 2. The van der Waals surface area contributed by atoms with E-state index < -0.39 is 0 Å². The lowest BCUT2D eigenvalue weighted by molar-refractivity contribution is 0.353. The van der Waals surface area contributed by atoms with Gasteiger partial charge in [-0.05, 0) is 41.8 Å². The summed E-state index contributed by atoms with van der Waals surface area (Å²) in [6.07, 6.45) is 0.893. The second kappa shape index (κ2) is 5.59. The average Bonchev–Trinajstić information content (AvgIpc) is 2.88. The van der Waals surface area contributed by atoms with Crippen molar-refractivity contribution in [1.29, 1.82) is 0 Å². The van der Waals surface area contributed by atoms with E-state index >= 15 is 0 Å². The SMILES string of the molecule is Cc1ccc(C(Cl)c2cc(Cl)cc3c2OCC3)cc1Br. The van der Waals surface area contributed by atoms with Crippen LogP contribution in [0.3, 0.4) is 0 Å². The maximum Gasteiger partial charge on any atom is 0.127 e. The Morgan fingerprint density at radius 1 is 1.25 bits per heavy atom. The summed E-state index contributed by atoms with van der Waals surface area (Å²) in [6, 6.07) is 10.0. The Morgan fingerprint density at radius 2 is 2.05 bits per heavy atom. The standard InChI is InChI=1S/C16H13BrCl2O/c1-9-2-3-10(7-14(9)17)15(19)13-8-12(18)6-11-4-5-20-16(11)13/h2-3,6-8,15H,4-5H2,1H3. The number of aryl methyl sites for hydroxylation is 1. The van der Waals surface area contributed by atoms with Crippen molar-refractivity contribution in [3.05, 3.63) is 62.1 Å². The third kappa shape index (κ3) is 2.57. The fourth-order valence-electron chi connectivity index (χ4n) is 2.43. The second-order valence-corrected chi connectivity index (χ2v) is 6.68. The minimum absolute atomic E-state index is 0.266. The van der Waals surface area contributed by atoms with E-state index in [1.807, 2.05) is 18.2 Å². The number of halogens is 3. The Balaban J connectivity index is 2.06. The Bertz CT molecular complexity index is 670. The normalized spacial score (nSPS) is 14.8. The molecule has 0 radical (unpaired) electrons. The maximum atomic E-state index is 6.65. The highest BCUT2D eigenvalue weighted by Crippen LogP contribution is 2.42. The van der Waals surface area contributed by atoms with E-state index in [-0.39, 0.29) is 5.38 Å². The van der Waals surface area contributed by atoms with Gasteiger partial charge in [0.1, 0.15) is 5.75 Å². The molecule has 20 heavy (non-hydrogen) atoms. The van der Waals surface area contributed by atoms with Crippen molar-refractivity contribution in [2.24, 2.45) is 0 Å². The molecule has 0 fully saturated rings. The van der Waals surface area contributed by atoms with Gasteiger partial charge in [0.25, 0.3) is 0 Å². The van der Waals surface area contributed by atoms with E-state index in [1.54, 1.807) is 0 Å². The molecule has 0 aliphatic carbocycles. The molecular weight excluding hydrogens is 359 g/mol. The van der Waals surface area contributed by atoms with Crippen molar-refractivity contribution in [2.75, 3.05) is 6.61 Å². The zero-order valence-electron chi connectivity index (χ0n) is 10.9. The average molecular weight is 372 g/mol. The Kier molecular flexibility index (Phi) is 3.98. The molecule has 0 bridgehead atoms. The van der Waals surface area contributed by atoms with Crippen LogP contribution in [0.5, 0.6) is 5.75 Å². The highest BCUT2D eigenvalue weighted by Gasteiger charge is 2.23. The largest absolute Gasteiger partial charge is 0.493 e. The first-order valence-corrected chi connectivity index (χ1v) is 8.02. The van der Waals surface area contributed by atoms with Crippen LogP contribution >= 0.6 is 39.1 Å². The molecule has 0 spiro atoms. The number of hydrogen-bond acceptors (Lipinski definition) is 1. The van der Waals surface area contributed by atoms with Crippen molar-refractivity contribution in [1.82, 2.24) is 0 Å². The molecule has 0 saturated carbocycles. The Labute approximate surface area is 137 Å². The predicted octanol–water partition coefficient (Wildman–Crippen LogP) is 5.67. The lowest BCUT2D eigenvalue weighted by atomic mass is 10.00. The van der Waals surface area contributed by atoms with Crippen LogP contribution < -0.4 is 4.74 Å². The van der Waals surface area contributed by atoms with E-state index in [2.05, 4.69) is 35.0 Å². The molecule has 0 saturated heterocycles. The molecule has 1 aliphatic heterocycles. The van der Waals surface area contributed by atoms with Gasteiger partial charge in [-0.25, -0.2) is 0 Å². The van der Waals surface area contributed by atoms with E-state index in [4.69, 9.17) is 27.9 Å². The monoisotopic (exact) mass is 370 g/mol. The number of hydrogen-bond donors (Lipinski definition) is 0. The molecule has 1 heterocycles. The van der Waals surface area contributed by atoms with Gasteiger partial charge in [0.2, 0.25) is 0 Å². The summed E-state index contributed by atoms with van der Waals surface area (Å²) in [5, 5.41) is 0.443. The number of fused-ring (bicyclic) bond motifs is 1. The smallest absolute Gasteiger partial charge is 0.127 e. The lowest BCUT2D eigenvalue weighted by Crippen LogP contribution is -1.98. The van der Waals surface area contributed by atoms with Gasteiger partial charge in [-0.3, -0.25) is 0 Å². The van der Waals surface area contributed by atoms with Gasteiger partial charge in [-0.1, -0.05) is 39.7 Å². The van der Waals surface area contributed by atoms with Crippen LogP contribution in [-0.4, -0.2) is 6.61 Å². The molecule has 1 nitrogen and oxygen atoms in total. The van der Waals surface area contributed by atoms with E-state index in [9.17, 15) is 0 Å². The Morgan fingerprint density at radius 3 is 2.80 bits per heavy atom. The van der Waals surface area contributed by atoms with Gasteiger partial charge < -0.3 is 4.74 Å². The molecule has 0 aromatic heterocycles. The summed E-state index contributed by atoms with van der Waals surface area (Å²) in [5.41, 5.74) is 4.31. The Hall–Kier alpha value is -0.700. The maximum absolute atomic E-state index is 6.65. The topological polar surface area (TPSA) is 9.23 Å². The van der Waals surface area contributed by atoms with Crippen molar-refractivity contribution in [2.45, 2.75) is 18.7 Å². The molecule has 4 heteroatoms. The van der Waals surface area contributed by atoms with Crippen LogP contribution in [0.2, 0.25) is 5.02 Å². The van der Waals surface area contributed by atoms with Gasteiger partial charge in [-0.15, -0.1) is 11.6 Å². The zero-order chi connectivity index (χ0) is 14.3. The van der Waals surface area contributed by atoms with Crippen molar-refractivity contribution in [3.8, 4) is 5.75 Å². The number of rotatable bonds is 2. The summed E-state index contributed by atoms with van der Waals surface area (Å²) in [6.45, 7) is 2.75. The van der Waals surface area contributed by atoms with Crippen molar-refractivity contribution in [3.63, 3.8) is 0 Å². The van der Waals surface area contributed by atoms with Gasteiger partial charge in [0.05, 0.1) is 12.0 Å². The van der Waals surface area contributed by atoms with Crippen molar-refractivity contribution >= 4 is 39.1 Å². The quantitative estimate of drug-likeness (QED) is 0.617. The molecule has 0 amide bonds. The first kappa shape index (κ1) is 14.2. The van der Waals surface area contributed by atoms with Crippen LogP contribution in [0.15, 0.2) is 34.8 Å². The van der Waals surface area contributed by atoms with Gasteiger partial charge in [0.15, 0.2) is 0 Å². The van der Waals surface area contributed by atoms with Crippen LogP contribution in [0.25, 0.3) is 0 Å². The lowest BCUT2D eigenvalue weighted by Gasteiger charge is -2.15. The van der Waals surface area contributed by atoms with Crippen LogP contribution in [0.1, 0.15) is 27.6 Å². The summed E-state index contributed by atoms with van der Waals surface area (Å²) in [5.74, 6) is 0.895. The molecule has 3 rings (SSSR count). The summed E-state index contributed by atoms with van der Waals surface area (Å²) in [4.78, 5) is 0. The number of ether oxygens (including phenoxy) is 1. The van der Waals surface area contributed by atoms with Crippen LogP contribution in [0, 0.1) is 6.92 Å². The van der Waals surface area contributed by atoms with Crippen LogP contribution in [0.4, 0.5) is 0 Å². The minimum Gasteiger partial charge on any atom is -0.493 e. The second-order valence-electron chi connectivity index (χ2n) is 4.95. The molecule has 2 aromatic rings. The van der Waals surface area contributed by atoms with Gasteiger partial charge in [-0.2, -0.15) is 0 Å². The van der Waals surface area contributed by atoms with E-state index in [0.29, 0.717) is 11.6 Å². The molecule has 2 aromatic carbocycles.